The maximum absolute atomic E-state index is 10.7. The SMILES string of the molecule is Cc1cc(C(C)(C)C)c(O)c(C)c1CSSCc1c(C)cc(C(C)(C)C)c(O)c1C.O=C(O)c1ccc(C(=O)O)cc1. The Balaban J connectivity index is 0.000000428. The zero-order valence-electron chi connectivity index (χ0n) is 26.3. The maximum Gasteiger partial charge on any atom is 0.335 e. The fourth-order valence-corrected chi connectivity index (χ4v) is 7.07. The minimum atomic E-state index is -1.06. The van der Waals surface area contributed by atoms with Crippen molar-refractivity contribution in [3.05, 3.63) is 92.0 Å². The molecule has 0 aliphatic carbocycles. The summed E-state index contributed by atoms with van der Waals surface area (Å²) in [7, 11) is 3.62. The second kappa shape index (κ2) is 13.9. The lowest BCUT2D eigenvalue weighted by Crippen LogP contribution is -2.13. The number of aromatic carboxylic acids is 2. The second-order valence-corrected chi connectivity index (χ2v) is 15.1. The van der Waals surface area contributed by atoms with E-state index in [2.05, 4.69) is 67.5 Å². The van der Waals surface area contributed by atoms with Gasteiger partial charge < -0.3 is 20.4 Å². The third-order valence-electron chi connectivity index (χ3n) is 7.28. The van der Waals surface area contributed by atoms with E-state index in [1.165, 1.54) is 46.5 Å². The van der Waals surface area contributed by atoms with Crippen LogP contribution in [0.3, 0.4) is 0 Å². The van der Waals surface area contributed by atoms with E-state index in [0.29, 0.717) is 11.5 Å². The summed E-state index contributed by atoms with van der Waals surface area (Å²) < 4.78 is 0. The van der Waals surface area contributed by atoms with Gasteiger partial charge in [0, 0.05) is 11.5 Å². The van der Waals surface area contributed by atoms with E-state index < -0.39 is 11.9 Å². The minimum Gasteiger partial charge on any atom is -0.507 e. The highest BCUT2D eigenvalue weighted by Crippen LogP contribution is 2.42. The summed E-state index contributed by atoms with van der Waals surface area (Å²) in [6.07, 6.45) is 0. The average molecular weight is 613 g/mol. The first kappa shape index (κ1) is 35.1. The van der Waals surface area contributed by atoms with Crippen molar-refractivity contribution in [2.75, 3.05) is 0 Å². The van der Waals surface area contributed by atoms with Crippen LogP contribution in [0.25, 0.3) is 0 Å². The number of benzene rings is 3. The van der Waals surface area contributed by atoms with Crippen molar-refractivity contribution in [3.63, 3.8) is 0 Å². The Labute approximate surface area is 258 Å². The Morgan fingerprint density at radius 1 is 0.619 bits per heavy atom. The number of carbonyl (C=O) groups is 2. The van der Waals surface area contributed by atoms with Gasteiger partial charge in [-0.05, 0) is 107 Å². The van der Waals surface area contributed by atoms with Crippen LogP contribution in [-0.4, -0.2) is 32.4 Å². The predicted molar refractivity (Wildman–Crippen MR) is 176 cm³/mol. The summed E-state index contributed by atoms with van der Waals surface area (Å²) in [6, 6.07) is 9.30. The normalized spacial score (nSPS) is 11.6. The molecule has 0 fully saturated rings. The van der Waals surface area contributed by atoms with Crippen LogP contribution in [0.1, 0.15) is 107 Å². The van der Waals surface area contributed by atoms with Gasteiger partial charge in [0.2, 0.25) is 0 Å². The first-order valence-corrected chi connectivity index (χ1v) is 16.2. The fourth-order valence-electron chi connectivity index (χ4n) is 4.57. The molecule has 0 spiro atoms. The number of hydrogen-bond donors (Lipinski definition) is 4. The third kappa shape index (κ3) is 8.71. The van der Waals surface area contributed by atoms with Crippen molar-refractivity contribution in [1.82, 2.24) is 0 Å². The number of hydrogen-bond acceptors (Lipinski definition) is 6. The van der Waals surface area contributed by atoms with Crippen molar-refractivity contribution < 1.29 is 30.0 Å². The molecular formula is C34H44O6S2. The van der Waals surface area contributed by atoms with Crippen LogP contribution in [-0.2, 0) is 22.3 Å². The van der Waals surface area contributed by atoms with Crippen molar-refractivity contribution >= 4 is 33.5 Å². The average Bonchev–Trinajstić information content (AvgIpc) is 2.88. The lowest BCUT2D eigenvalue weighted by Gasteiger charge is -2.25. The fraction of sp³-hybridized carbons (Fsp3) is 0.412. The third-order valence-corrected chi connectivity index (χ3v) is 9.47. The topological polar surface area (TPSA) is 115 Å². The van der Waals surface area contributed by atoms with Gasteiger partial charge in [0.1, 0.15) is 11.5 Å². The molecule has 0 saturated carbocycles. The number of carboxylic acids is 2. The number of aromatic hydroxyl groups is 2. The van der Waals surface area contributed by atoms with Gasteiger partial charge in [0.25, 0.3) is 0 Å². The lowest BCUT2D eigenvalue weighted by molar-refractivity contribution is 0.0681. The summed E-state index contributed by atoms with van der Waals surface area (Å²) in [5.41, 5.74) is 8.95. The molecule has 0 radical (unpaired) electrons. The zero-order valence-corrected chi connectivity index (χ0v) is 27.9. The number of phenols is 2. The van der Waals surface area contributed by atoms with Gasteiger partial charge in [-0.3, -0.25) is 0 Å². The van der Waals surface area contributed by atoms with E-state index in [0.717, 1.165) is 33.8 Å². The van der Waals surface area contributed by atoms with Crippen molar-refractivity contribution in [1.29, 1.82) is 0 Å². The molecule has 3 rings (SSSR count). The Kier molecular flexibility index (Phi) is 11.6. The molecule has 228 valence electrons. The predicted octanol–water partition coefficient (Wildman–Crippen LogP) is 9.09. The molecule has 0 aliphatic rings. The summed E-state index contributed by atoms with van der Waals surface area (Å²) in [4.78, 5) is 20.7. The molecule has 4 N–H and O–H groups in total. The molecule has 6 nitrogen and oxygen atoms in total. The smallest absolute Gasteiger partial charge is 0.335 e. The van der Waals surface area contributed by atoms with Crippen LogP contribution in [0.4, 0.5) is 0 Å². The molecule has 42 heavy (non-hydrogen) atoms. The first-order valence-electron chi connectivity index (χ1n) is 13.7. The van der Waals surface area contributed by atoms with Gasteiger partial charge in [0.05, 0.1) is 11.1 Å². The van der Waals surface area contributed by atoms with Gasteiger partial charge in [-0.15, -0.1) is 0 Å². The van der Waals surface area contributed by atoms with Gasteiger partial charge >= 0.3 is 11.9 Å². The summed E-state index contributed by atoms with van der Waals surface area (Å²) in [5, 5.41) is 38.4. The highest BCUT2D eigenvalue weighted by Gasteiger charge is 2.23. The van der Waals surface area contributed by atoms with Crippen LogP contribution < -0.4 is 0 Å². The summed E-state index contributed by atoms with van der Waals surface area (Å²) in [5.74, 6) is 0.444. The van der Waals surface area contributed by atoms with Crippen LogP contribution >= 0.6 is 21.6 Å². The largest absolute Gasteiger partial charge is 0.507 e. The quantitative estimate of drug-likeness (QED) is 0.154. The Bertz CT molecular complexity index is 1330. The summed E-state index contributed by atoms with van der Waals surface area (Å²) >= 11 is 0. The Morgan fingerprint density at radius 2 is 0.905 bits per heavy atom. The van der Waals surface area contributed by atoms with Crippen LogP contribution in [0.2, 0.25) is 0 Å². The van der Waals surface area contributed by atoms with Crippen molar-refractivity contribution in [2.24, 2.45) is 0 Å². The summed E-state index contributed by atoms with van der Waals surface area (Å²) in [6.45, 7) is 21.1. The molecule has 0 aliphatic heterocycles. The molecular weight excluding hydrogens is 569 g/mol. The van der Waals surface area contributed by atoms with E-state index >= 15 is 0 Å². The molecule has 0 bridgehead atoms. The van der Waals surface area contributed by atoms with Crippen molar-refractivity contribution in [3.8, 4) is 11.5 Å². The van der Waals surface area contributed by atoms with Gasteiger partial charge in [-0.1, -0.05) is 75.3 Å². The molecule has 0 amide bonds. The number of aryl methyl sites for hydroxylation is 2. The molecule has 3 aromatic rings. The highest BCUT2D eigenvalue weighted by molar-refractivity contribution is 8.76. The Morgan fingerprint density at radius 3 is 1.14 bits per heavy atom. The minimum absolute atomic E-state index is 0.0731. The molecule has 8 heteroatoms. The maximum atomic E-state index is 10.7. The van der Waals surface area contributed by atoms with Gasteiger partial charge in [-0.25, -0.2) is 9.59 Å². The number of carboxylic acid groups (broad SMARTS) is 2. The van der Waals surface area contributed by atoms with Gasteiger partial charge in [-0.2, -0.15) is 0 Å². The molecule has 0 unspecified atom stereocenters. The molecule has 0 atom stereocenters. The number of phenolic OH excluding ortho intramolecular Hbond substituents is 2. The van der Waals surface area contributed by atoms with Gasteiger partial charge in [0.15, 0.2) is 0 Å². The molecule has 3 aromatic carbocycles. The van der Waals surface area contributed by atoms with E-state index in [9.17, 15) is 19.8 Å². The Hall–Kier alpha value is -3.10. The van der Waals surface area contributed by atoms with Crippen LogP contribution in [0.5, 0.6) is 11.5 Å². The first-order chi connectivity index (χ1) is 19.3. The van der Waals surface area contributed by atoms with E-state index in [1.807, 2.05) is 35.4 Å². The number of rotatable bonds is 7. The second-order valence-electron chi connectivity index (χ2n) is 12.6. The molecule has 0 saturated heterocycles. The zero-order chi connectivity index (χ0) is 32.2. The van der Waals surface area contributed by atoms with E-state index in [4.69, 9.17) is 10.2 Å². The van der Waals surface area contributed by atoms with Crippen molar-refractivity contribution in [2.45, 2.75) is 91.6 Å². The van der Waals surface area contributed by atoms with E-state index in [1.54, 1.807) is 0 Å². The lowest BCUT2D eigenvalue weighted by atomic mass is 9.83. The van der Waals surface area contributed by atoms with Crippen LogP contribution in [0, 0.1) is 27.7 Å². The standard InChI is InChI=1S/C26H38O2S2.C8H6O4/c1-15-11-21(25(5,6)7)23(27)17(3)19(15)13-29-30-14-20-16(2)12-22(26(8,9)10)24(28)18(20)4;9-7(10)5-1-2-6(4-3-5)8(11)12/h11-12,27-28H,13-14H2,1-10H3;1-4H,(H,9,10)(H,11,12). The van der Waals surface area contributed by atoms with E-state index in [-0.39, 0.29) is 22.0 Å². The highest BCUT2D eigenvalue weighted by atomic mass is 33.1. The molecule has 0 aromatic heterocycles. The molecule has 0 heterocycles. The monoisotopic (exact) mass is 612 g/mol. The van der Waals surface area contributed by atoms with Crippen LogP contribution in [0.15, 0.2) is 36.4 Å².